The fourth-order valence-corrected chi connectivity index (χ4v) is 3.66. The minimum absolute atomic E-state index is 0.261. The van der Waals surface area contributed by atoms with E-state index in [1.165, 1.54) is 0 Å². The Balaban J connectivity index is 1.51. The third-order valence-corrected chi connectivity index (χ3v) is 5.36. The SMILES string of the molecule is COc1ccc(NC(=O)c2ccc(OC)c(COc3ccc4ccccc4c3)c2)cc1Cl. The molecule has 4 aromatic rings. The van der Waals surface area contributed by atoms with Crippen molar-refractivity contribution in [1.82, 2.24) is 0 Å². The molecular weight excluding hydrogens is 426 g/mol. The average molecular weight is 448 g/mol. The van der Waals surface area contributed by atoms with Crippen LogP contribution in [0.25, 0.3) is 10.8 Å². The Morgan fingerprint density at radius 1 is 0.844 bits per heavy atom. The van der Waals surface area contributed by atoms with Crippen LogP contribution in [0.5, 0.6) is 17.2 Å². The number of amides is 1. The molecule has 0 saturated heterocycles. The molecule has 162 valence electrons. The maximum atomic E-state index is 12.8. The van der Waals surface area contributed by atoms with Gasteiger partial charge >= 0.3 is 0 Å². The number of hydrogen-bond acceptors (Lipinski definition) is 4. The fraction of sp³-hybridized carbons (Fsp3) is 0.115. The quantitative estimate of drug-likeness (QED) is 0.359. The van der Waals surface area contributed by atoms with Gasteiger partial charge in [0.15, 0.2) is 0 Å². The van der Waals surface area contributed by atoms with Gasteiger partial charge in [-0.1, -0.05) is 41.9 Å². The Hall–Kier alpha value is -3.70. The summed E-state index contributed by atoms with van der Waals surface area (Å²) in [5.74, 6) is 1.67. The smallest absolute Gasteiger partial charge is 0.255 e. The van der Waals surface area contributed by atoms with E-state index in [0.29, 0.717) is 27.8 Å². The number of rotatable bonds is 7. The molecule has 4 aromatic carbocycles. The highest BCUT2D eigenvalue weighted by Gasteiger charge is 2.12. The highest BCUT2D eigenvalue weighted by atomic mass is 35.5. The second-order valence-electron chi connectivity index (χ2n) is 7.13. The molecule has 0 aliphatic carbocycles. The van der Waals surface area contributed by atoms with Crippen molar-refractivity contribution in [3.05, 3.63) is 95.0 Å². The molecule has 0 fully saturated rings. The highest BCUT2D eigenvalue weighted by Crippen LogP contribution is 2.28. The van der Waals surface area contributed by atoms with Crippen molar-refractivity contribution >= 4 is 34.0 Å². The standard InChI is InChI=1S/C26H22ClNO4/c1-30-24-11-8-19(26(29)28-21-9-12-25(31-2)23(27)15-21)13-20(24)16-32-22-10-7-17-5-3-4-6-18(17)14-22/h3-15H,16H2,1-2H3,(H,28,29). The van der Waals surface area contributed by atoms with Crippen LogP contribution < -0.4 is 19.5 Å². The maximum Gasteiger partial charge on any atom is 0.255 e. The normalized spacial score (nSPS) is 10.6. The van der Waals surface area contributed by atoms with E-state index in [4.69, 9.17) is 25.8 Å². The number of carbonyl (C=O) groups excluding carboxylic acids is 1. The number of nitrogens with one attached hydrogen (secondary N) is 1. The molecule has 0 bridgehead atoms. The van der Waals surface area contributed by atoms with Crippen molar-refractivity contribution in [3.8, 4) is 17.2 Å². The van der Waals surface area contributed by atoms with Gasteiger partial charge in [0, 0.05) is 16.8 Å². The van der Waals surface area contributed by atoms with E-state index in [1.54, 1.807) is 50.6 Å². The number of anilines is 1. The van der Waals surface area contributed by atoms with E-state index in [9.17, 15) is 4.79 Å². The molecule has 0 heterocycles. The van der Waals surface area contributed by atoms with E-state index in [2.05, 4.69) is 11.4 Å². The Bertz CT molecular complexity index is 1270. The molecule has 1 amide bonds. The summed E-state index contributed by atoms with van der Waals surface area (Å²) in [6.45, 7) is 0.261. The molecular formula is C26H22ClNO4. The van der Waals surface area contributed by atoms with Crippen LogP contribution in [0, 0.1) is 0 Å². The van der Waals surface area contributed by atoms with E-state index in [-0.39, 0.29) is 12.5 Å². The van der Waals surface area contributed by atoms with E-state index >= 15 is 0 Å². The van der Waals surface area contributed by atoms with Crippen molar-refractivity contribution < 1.29 is 19.0 Å². The molecule has 0 aromatic heterocycles. The predicted molar refractivity (Wildman–Crippen MR) is 127 cm³/mol. The van der Waals surface area contributed by atoms with E-state index in [1.807, 2.05) is 36.4 Å². The van der Waals surface area contributed by atoms with Crippen molar-refractivity contribution in [2.24, 2.45) is 0 Å². The van der Waals surface area contributed by atoms with Gasteiger partial charge in [0.05, 0.1) is 19.2 Å². The van der Waals surface area contributed by atoms with Crippen LogP contribution in [-0.2, 0) is 6.61 Å². The highest BCUT2D eigenvalue weighted by molar-refractivity contribution is 6.32. The summed E-state index contributed by atoms with van der Waals surface area (Å²) in [6, 6.07) is 24.3. The number of fused-ring (bicyclic) bond motifs is 1. The molecule has 0 aliphatic heterocycles. The second-order valence-corrected chi connectivity index (χ2v) is 7.53. The van der Waals surface area contributed by atoms with Gasteiger partial charge in [0.2, 0.25) is 0 Å². The van der Waals surface area contributed by atoms with Gasteiger partial charge in [0.1, 0.15) is 23.9 Å². The van der Waals surface area contributed by atoms with Crippen LogP contribution in [0.3, 0.4) is 0 Å². The summed E-state index contributed by atoms with van der Waals surface area (Å²) in [5.41, 5.74) is 1.82. The first-order chi connectivity index (χ1) is 15.6. The number of methoxy groups -OCH3 is 2. The monoisotopic (exact) mass is 447 g/mol. The molecule has 0 unspecified atom stereocenters. The first kappa shape index (κ1) is 21.5. The minimum atomic E-state index is -0.263. The lowest BCUT2D eigenvalue weighted by atomic mass is 10.1. The van der Waals surface area contributed by atoms with E-state index in [0.717, 1.165) is 22.1 Å². The molecule has 6 heteroatoms. The summed E-state index contributed by atoms with van der Waals surface area (Å²) in [6.07, 6.45) is 0. The number of ether oxygens (including phenoxy) is 3. The van der Waals surface area contributed by atoms with Gasteiger partial charge in [-0.2, -0.15) is 0 Å². The topological polar surface area (TPSA) is 56.8 Å². The van der Waals surface area contributed by atoms with Gasteiger partial charge in [-0.05, 0) is 59.3 Å². The Morgan fingerprint density at radius 2 is 1.59 bits per heavy atom. The third-order valence-electron chi connectivity index (χ3n) is 5.07. The van der Waals surface area contributed by atoms with Crippen LogP contribution >= 0.6 is 11.6 Å². The summed E-state index contributed by atoms with van der Waals surface area (Å²) >= 11 is 6.15. The summed E-state index contributed by atoms with van der Waals surface area (Å²) < 4.78 is 16.6. The van der Waals surface area contributed by atoms with Gasteiger partial charge < -0.3 is 19.5 Å². The lowest BCUT2D eigenvalue weighted by Gasteiger charge is -2.13. The Morgan fingerprint density at radius 3 is 2.34 bits per heavy atom. The van der Waals surface area contributed by atoms with Crippen LogP contribution in [-0.4, -0.2) is 20.1 Å². The molecule has 4 rings (SSSR count). The Kier molecular flexibility index (Phi) is 6.47. The van der Waals surface area contributed by atoms with Gasteiger partial charge in [-0.25, -0.2) is 0 Å². The molecule has 0 radical (unpaired) electrons. The third kappa shape index (κ3) is 4.79. The first-order valence-corrected chi connectivity index (χ1v) is 10.4. The number of hydrogen-bond donors (Lipinski definition) is 1. The van der Waals surface area contributed by atoms with Crippen LogP contribution in [0.1, 0.15) is 15.9 Å². The number of benzene rings is 4. The van der Waals surface area contributed by atoms with Gasteiger partial charge in [-0.3, -0.25) is 4.79 Å². The predicted octanol–water partition coefficient (Wildman–Crippen LogP) is 6.34. The number of carbonyl (C=O) groups is 1. The molecule has 0 saturated carbocycles. The van der Waals surface area contributed by atoms with Crippen LogP contribution in [0.2, 0.25) is 5.02 Å². The average Bonchev–Trinajstić information content (AvgIpc) is 2.82. The summed E-state index contributed by atoms with van der Waals surface area (Å²) in [7, 11) is 3.13. The Labute approximate surface area is 191 Å². The van der Waals surface area contributed by atoms with Crippen molar-refractivity contribution in [1.29, 1.82) is 0 Å². The van der Waals surface area contributed by atoms with Gasteiger partial charge in [0.25, 0.3) is 5.91 Å². The largest absolute Gasteiger partial charge is 0.496 e. The summed E-state index contributed by atoms with van der Waals surface area (Å²) in [5, 5.41) is 5.52. The lowest BCUT2D eigenvalue weighted by molar-refractivity contribution is 0.102. The second kappa shape index (κ2) is 9.62. The van der Waals surface area contributed by atoms with E-state index < -0.39 is 0 Å². The zero-order valence-corrected chi connectivity index (χ0v) is 18.5. The summed E-state index contributed by atoms with van der Waals surface area (Å²) in [4.78, 5) is 12.8. The van der Waals surface area contributed by atoms with Crippen molar-refractivity contribution in [2.45, 2.75) is 6.61 Å². The molecule has 0 atom stereocenters. The van der Waals surface area contributed by atoms with Crippen molar-refractivity contribution in [2.75, 3.05) is 19.5 Å². The van der Waals surface area contributed by atoms with Crippen molar-refractivity contribution in [3.63, 3.8) is 0 Å². The van der Waals surface area contributed by atoms with Crippen LogP contribution in [0.4, 0.5) is 5.69 Å². The minimum Gasteiger partial charge on any atom is -0.496 e. The molecule has 5 nitrogen and oxygen atoms in total. The first-order valence-electron chi connectivity index (χ1n) is 10.0. The number of halogens is 1. The zero-order valence-electron chi connectivity index (χ0n) is 17.7. The molecule has 0 spiro atoms. The lowest BCUT2D eigenvalue weighted by Crippen LogP contribution is -2.13. The van der Waals surface area contributed by atoms with Crippen LogP contribution in [0.15, 0.2) is 78.9 Å². The molecule has 0 aliphatic rings. The maximum absolute atomic E-state index is 12.8. The molecule has 32 heavy (non-hydrogen) atoms. The molecule has 1 N–H and O–H groups in total. The fourth-order valence-electron chi connectivity index (χ4n) is 3.40. The zero-order chi connectivity index (χ0) is 22.5. The van der Waals surface area contributed by atoms with Gasteiger partial charge in [-0.15, -0.1) is 0 Å².